The summed E-state index contributed by atoms with van der Waals surface area (Å²) in [4.78, 5) is 0. The van der Waals surface area contributed by atoms with E-state index in [0.717, 1.165) is 0 Å². The molecule has 0 bridgehead atoms. The van der Waals surface area contributed by atoms with Crippen molar-refractivity contribution in [2.24, 2.45) is 0 Å². The molecular formula is C4H10Cl2Pb. The minimum Gasteiger partial charge on any atom is -1.00 e. The smallest absolute Gasteiger partial charge is 1.00 e. The minimum absolute atomic E-state index is 0. The molecule has 0 heterocycles. The molecule has 0 aliphatic heterocycles. The van der Waals surface area contributed by atoms with Gasteiger partial charge in [-0.25, -0.2) is 0 Å². The van der Waals surface area contributed by atoms with Crippen molar-refractivity contribution in [3.63, 3.8) is 0 Å². The van der Waals surface area contributed by atoms with Gasteiger partial charge in [-0.3, -0.25) is 0 Å². The fourth-order valence-electron chi connectivity index (χ4n) is 0. The molecule has 0 saturated heterocycles. The van der Waals surface area contributed by atoms with Gasteiger partial charge >= 0.3 is 27.3 Å². The van der Waals surface area contributed by atoms with Crippen LogP contribution in [0.15, 0.2) is 0 Å². The first-order valence-electron chi connectivity index (χ1n) is 1.41. The van der Waals surface area contributed by atoms with Crippen LogP contribution in [0.2, 0.25) is 0 Å². The van der Waals surface area contributed by atoms with Gasteiger partial charge in [0.05, 0.1) is 0 Å². The zero-order chi connectivity index (χ0) is 4.00. The summed E-state index contributed by atoms with van der Waals surface area (Å²) in [6.45, 7) is 10.0. The zero-order valence-corrected chi connectivity index (χ0v) is 10.1. The van der Waals surface area contributed by atoms with Crippen molar-refractivity contribution in [3.8, 4) is 0 Å². The maximum Gasteiger partial charge on any atom is 2.00 e. The molecule has 0 aliphatic rings. The SMILES string of the molecule is [CH2]C.[CH2]C.[Cl-].[Cl-].[Pb+2]. The normalized spacial score (nSPS) is 1.71. The summed E-state index contributed by atoms with van der Waals surface area (Å²) in [5.41, 5.74) is 0. The predicted molar refractivity (Wildman–Crippen MR) is 27.8 cm³/mol. The summed E-state index contributed by atoms with van der Waals surface area (Å²) in [7, 11) is 0. The van der Waals surface area contributed by atoms with Crippen molar-refractivity contribution in [2.45, 2.75) is 13.8 Å². The predicted octanol–water partition coefficient (Wildman–Crippen LogP) is -4.69. The minimum atomic E-state index is 0. The molecule has 0 atom stereocenters. The zero-order valence-electron chi connectivity index (χ0n) is 4.67. The summed E-state index contributed by atoms with van der Waals surface area (Å²) >= 11 is 0. The Kier molecular flexibility index (Phi) is 784. The molecule has 0 aliphatic carbocycles. The summed E-state index contributed by atoms with van der Waals surface area (Å²) in [5, 5.41) is 0. The monoisotopic (exact) mass is 336 g/mol. The van der Waals surface area contributed by atoms with E-state index in [2.05, 4.69) is 13.8 Å². The molecular weight excluding hydrogens is 326 g/mol. The second-order valence-electron chi connectivity index (χ2n) is 0. The standard InChI is InChI=1S/2C2H5.2ClH.Pb/c2*1-2;;;/h2*1H2,2H3;2*1H;/q;;;;+2/p-2. The van der Waals surface area contributed by atoms with Gasteiger partial charge in [0.15, 0.2) is 0 Å². The van der Waals surface area contributed by atoms with Gasteiger partial charge in [0.1, 0.15) is 0 Å². The molecule has 0 aromatic carbocycles. The van der Waals surface area contributed by atoms with Gasteiger partial charge in [0, 0.05) is 0 Å². The van der Waals surface area contributed by atoms with E-state index in [9.17, 15) is 0 Å². The van der Waals surface area contributed by atoms with Crippen LogP contribution in [0.5, 0.6) is 0 Å². The van der Waals surface area contributed by atoms with Gasteiger partial charge in [-0.2, -0.15) is 0 Å². The molecule has 0 nitrogen and oxygen atoms in total. The Morgan fingerprint density at radius 3 is 0.714 bits per heavy atom. The summed E-state index contributed by atoms with van der Waals surface area (Å²) in [6, 6.07) is 0. The molecule has 0 rings (SSSR count). The van der Waals surface area contributed by atoms with E-state index in [-0.39, 0.29) is 52.1 Å². The first kappa shape index (κ1) is 39.0. The van der Waals surface area contributed by atoms with E-state index in [0.29, 0.717) is 0 Å². The summed E-state index contributed by atoms with van der Waals surface area (Å²) in [6.07, 6.45) is 0. The van der Waals surface area contributed by atoms with E-state index in [4.69, 9.17) is 0 Å². The Hall–Kier alpha value is 1.50. The second kappa shape index (κ2) is 141. The van der Waals surface area contributed by atoms with E-state index >= 15 is 0 Å². The quantitative estimate of drug-likeness (QED) is 0.390. The molecule has 4 radical (unpaired) electrons. The number of rotatable bonds is 0. The van der Waals surface area contributed by atoms with E-state index in [1.807, 2.05) is 0 Å². The number of hydrogen-bond acceptors (Lipinski definition) is 0. The first-order valence-corrected chi connectivity index (χ1v) is 1.41. The van der Waals surface area contributed by atoms with Crippen molar-refractivity contribution in [1.29, 1.82) is 0 Å². The maximum atomic E-state index is 3.25. The molecule has 0 amide bonds. The number of hydrogen-bond donors (Lipinski definition) is 0. The van der Waals surface area contributed by atoms with E-state index in [1.165, 1.54) is 0 Å². The molecule has 0 N–H and O–H groups in total. The number of halogens is 2. The van der Waals surface area contributed by atoms with Crippen LogP contribution < -0.4 is 24.8 Å². The molecule has 44 valence electrons. The van der Waals surface area contributed by atoms with Gasteiger partial charge in [0.2, 0.25) is 0 Å². The van der Waals surface area contributed by atoms with Crippen molar-refractivity contribution in [1.82, 2.24) is 0 Å². The van der Waals surface area contributed by atoms with E-state index < -0.39 is 0 Å². The maximum absolute atomic E-state index is 3.25. The molecule has 0 aromatic rings. The largest absolute Gasteiger partial charge is 2.00 e. The third-order valence-corrected chi connectivity index (χ3v) is 0. The molecule has 3 heteroatoms. The first-order chi connectivity index (χ1) is 2.00. The Labute approximate surface area is 79.4 Å². The van der Waals surface area contributed by atoms with Crippen molar-refractivity contribution in [3.05, 3.63) is 13.8 Å². The summed E-state index contributed by atoms with van der Waals surface area (Å²) in [5.74, 6) is 0. The summed E-state index contributed by atoms with van der Waals surface area (Å²) < 4.78 is 0. The van der Waals surface area contributed by atoms with E-state index in [1.54, 1.807) is 13.8 Å². The van der Waals surface area contributed by atoms with Crippen LogP contribution in [0.3, 0.4) is 0 Å². The third-order valence-electron chi connectivity index (χ3n) is 0. The van der Waals surface area contributed by atoms with Gasteiger partial charge < -0.3 is 24.8 Å². The van der Waals surface area contributed by atoms with Crippen LogP contribution in [0.25, 0.3) is 0 Å². The molecule has 0 spiro atoms. The third kappa shape index (κ3) is 101. The Bertz CT molecular complexity index is 9.65. The van der Waals surface area contributed by atoms with Crippen molar-refractivity contribution >= 4 is 27.3 Å². The average molecular weight is 336 g/mol. The van der Waals surface area contributed by atoms with Crippen LogP contribution in [0.4, 0.5) is 0 Å². The van der Waals surface area contributed by atoms with Crippen LogP contribution in [-0.2, 0) is 0 Å². The Balaban J connectivity index is -0.00000000267. The molecule has 0 fully saturated rings. The fraction of sp³-hybridized carbons (Fsp3) is 0.500. The molecule has 0 unspecified atom stereocenters. The van der Waals surface area contributed by atoms with Crippen molar-refractivity contribution < 1.29 is 24.8 Å². The van der Waals surface area contributed by atoms with Crippen LogP contribution >= 0.6 is 0 Å². The van der Waals surface area contributed by atoms with Gasteiger partial charge in [-0.05, 0) is 0 Å². The van der Waals surface area contributed by atoms with Crippen molar-refractivity contribution in [2.75, 3.05) is 0 Å². The van der Waals surface area contributed by atoms with Crippen LogP contribution in [-0.4, -0.2) is 27.3 Å². The fourth-order valence-corrected chi connectivity index (χ4v) is 0. The van der Waals surface area contributed by atoms with Gasteiger partial charge in [0.25, 0.3) is 0 Å². The van der Waals surface area contributed by atoms with Crippen LogP contribution in [0.1, 0.15) is 13.8 Å². The average Bonchev–Trinajstić information content (AvgIpc) is 1.50. The second-order valence-corrected chi connectivity index (χ2v) is 0. The topological polar surface area (TPSA) is 0 Å². The Morgan fingerprint density at radius 2 is 0.714 bits per heavy atom. The molecule has 0 aromatic heterocycles. The van der Waals surface area contributed by atoms with Gasteiger partial charge in [-0.1, -0.05) is 27.7 Å². The molecule has 7 heavy (non-hydrogen) atoms. The van der Waals surface area contributed by atoms with Gasteiger partial charge in [-0.15, -0.1) is 0 Å². The van der Waals surface area contributed by atoms with Crippen LogP contribution in [0, 0.1) is 13.8 Å². The Morgan fingerprint density at radius 1 is 0.714 bits per heavy atom. The molecule has 0 saturated carbocycles.